The van der Waals surface area contributed by atoms with Crippen LogP contribution in [0.2, 0.25) is 0 Å². The van der Waals surface area contributed by atoms with Gasteiger partial charge >= 0.3 is 0 Å². The Morgan fingerprint density at radius 1 is 1.25 bits per heavy atom. The summed E-state index contributed by atoms with van der Waals surface area (Å²) in [7, 11) is 0. The van der Waals surface area contributed by atoms with Gasteiger partial charge in [0, 0.05) is 17.7 Å². The van der Waals surface area contributed by atoms with Gasteiger partial charge in [0.15, 0.2) is 6.29 Å². The number of ether oxygens (including phenoxy) is 1. The maximum Gasteiger partial charge on any atom is 0.270 e. The summed E-state index contributed by atoms with van der Waals surface area (Å²) in [5.41, 5.74) is 0.184. The molecule has 2 aromatic carbocycles. The molecule has 0 N–H and O–H groups in total. The van der Waals surface area contributed by atoms with Crippen molar-refractivity contribution in [3.63, 3.8) is 0 Å². The minimum atomic E-state index is -0.604. The summed E-state index contributed by atoms with van der Waals surface area (Å²) in [5.74, 6) is -0.240. The normalized spacial score (nSPS) is 10.1. The van der Waals surface area contributed by atoms with E-state index in [1.165, 1.54) is 18.2 Å². The summed E-state index contributed by atoms with van der Waals surface area (Å²) in [6.45, 7) is -0.0642. The number of hydrogen-bond acceptors (Lipinski definition) is 4. The van der Waals surface area contributed by atoms with E-state index in [1.54, 1.807) is 18.2 Å². The number of nitrogens with zero attached hydrogens (tertiary/aromatic N) is 1. The summed E-state index contributed by atoms with van der Waals surface area (Å²) < 4.78 is 18.7. The minimum absolute atomic E-state index is 0.0514. The van der Waals surface area contributed by atoms with Gasteiger partial charge in [-0.05, 0) is 12.1 Å². The molecule has 5 nitrogen and oxygen atoms in total. The van der Waals surface area contributed by atoms with Crippen molar-refractivity contribution in [3.8, 4) is 5.75 Å². The van der Waals surface area contributed by atoms with Crippen molar-refractivity contribution in [2.75, 3.05) is 0 Å². The molecular formula is C14H10FNO4. The van der Waals surface area contributed by atoms with E-state index in [1.807, 2.05) is 0 Å². The number of rotatable bonds is 5. The highest BCUT2D eigenvalue weighted by Gasteiger charge is 2.12. The molecule has 0 saturated heterocycles. The van der Waals surface area contributed by atoms with Crippen molar-refractivity contribution in [2.45, 2.75) is 6.61 Å². The second kappa shape index (κ2) is 5.92. The zero-order chi connectivity index (χ0) is 14.5. The second-order valence-corrected chi connectivity index (χ2v) is 3.98. The molecule has 2 aromatic rings. The van der Waals surface area contributed by atoms with Crippen LogP contribution < -0.4 is 4.74 Å². The quantitative estimate of drug-likeness (QED) is 0.477. The van der Waals surface area contributed by atoms with E-state index >= 15 is 0 Å². The lowest BCUT2D eigenvalue weighted by Crippen LogP contribution is -2.01. The van der Waals surface area contributed by atoms with Crippen LogP contribution in [0.1, 0.15) is 15.9 Å². The van der Waals surface area contributed by atoms with E-state index in [-0.39, 0.29) is 23.6 Å². The van der Waals surface area contributed by atoms with Gasteiger partial charge in [0.25, 0.3) is 5.69 Å². The first-order chi connectivity index (χ1) is 9.61. The third kappa shape index (κ3) is 2.97. The Balaban J connectivity index is 2.19. The van der Waals surface area contributed by atoms with E-state index in [2.05, 4.69) is 0 Å². The second-order valence-electron chi connectivity index (χ2n) is 3.98. The molecule has 20 heavy (non-hydrogen) atoms. The molecule has 0 heterocycles. The van der Waals surface area contributed by atoms with Gasteiger partial charge in [0.05, 0.1) is 10.5 Å². The van der Waals surface area contributed by atoms with Crippen LogP contribution in [-0.4, -0.2) is 11.2 Å². The first-order valence-electron chi connectivity index (χ1n) is 5.71. The fourth-order valence-electron chi connectivity index (χ4n) is 1.64. The number of nitro benzene ring substituents is 1. The van der Waals surface area contributed by atoms with Crippen molar-refractivity contribution in [3.05, 3.63) is 69.5 Å². The standard InChI is InChI=1S/C14H10FNO4/c15-13-4-2-1-3-10(13)9-20-14-6-5-12(16(18)19)7-11(14)8-17/h1-8H,9H2. The molecule has 0 aliphatic carbocycles. The van der Waals surface area contributed by atoms with Crippen LogP contribution in [0.5, 0.6) is 5.75 Å². The minimum Gasteiger partial charge on any atom is -0.488 e. The predicted octanol–water partition coefficient (Wildman–Crippen LogP) is 3.13. The number of halogens is 1. The van der Waals surface area contributed by atoms with Crippen molar-refractivity contribution in [1.82, 2.24) is 0 Å². The molecule has 0 atom stereocenters. The molecule has 0 unspecified atom stereocenters. The molecule has 0 aromatic heterocycles. The van der Waals surface area contributed by atoms with Crippen molar-refractivity contribution >= 4 is 12.0 Å². The van der Waals surface area contributed by atoms with Crippen LogP contribution in [0.3, 0.4) is 0 Å². The summed E-state index contributed by atoms with van der Waals surface area (Å²) in [6, 6.07) is 9.74. The Hall–Kier alpha value is -2.76. The molecule has 0 radical (unpaired) electrons. The predicted molar refractivity (Wildman–Crippen MR) is 69.2 cm³/mol. The van der Waals surface area contributed by atoms with Gasteiger partial charge in [0.1, 0.15) is 18.2 Å². The maximum atomic E-state index is 13.4. The maximum absolute atomic E-state index is 13.4. The fourth-order valence-corrected chi connectivity index (χ4v) is 1.64. The van der Waals surface area contributed by atoms with Gasteiger partial charge in [-0.25, -0.2) is 4.39 Å². The third-order valence-corrected chi connectivity index (χ3v) is 2.67. The molecule has 0 aliphatic rings. The highest BCUT2D eigenvalue weighted by atomic mass is 19.1. The van der Waals surface area contributed by atoms with E-state index in [0.717, 1.165) is 6.07 Å². The Labute approximate surface area is 113 Å². The molecule has 0 spiro atoms. The van der Waals surface area contributed by atoms with Crippen molar-refractivity contribution in [2.24, 2.45) is 0 Å². The largest absolute Gasteiger partial charge is 0.488 e. The Bertz CT molecular complexity index is 657. The van der Waals surface area contributed by atoms with Gasteiger partial charge < -0.3 is 4.74 Å². The fraction of sp³-hybridized carbons (Fsp3) is 0.0714. The molecule has 6 heteroatoms. The molecular weight excluding hydrogens is 265 g/mol. The van der Waals surface area contributed by atoms with E-state index < -0.39 is 10.7 Å². The first kappa shape index (κ1) is 13.7. The van der Waals surface area contributed by atoms with Gasteiger partial charge in [-0.3, -0.25) is 14.9 Å². The van der Waals surface area contributed by atoms with Crippen molar-refractivity contribution < 1.29 is 18.8 Å². The molecule has 0 fully saturated rings. The van der Waals surface area contributed by atoms with E-state index in [9.17, 15) is 19.3 Å². The van der Waals surface area contributed by atoms with E-state index in [0.29, 0.717) is 11.8 Å². The van der Waals surface area contributed by atoms with Gasteiger partial charge in [-0.2, -0.15) is 0 Å². The zero-order valence-corrected chi connectivity index (χ0v) is 10.3. The number of benzene rings is 2. The Kier molecular flexibility index (Phi) is 4.05. The van der Waals surface area contributed by atoms with Crippen LogP contribution in [-0.2, 0) is 6.61 Å². The zero-order valence-electron chi connectivity index (χ0n) is 10.3. The molecule has 102 valence electrons. The highest BCUT2D eigenvalue weighted by Crippen LogP contribution is 2.23. The van der Waals surface area contributed by atoms with Gasteiger partial charge in [0.2, 0.25) is 0 Å². The average Bonchev–Trinajstić information content (AvgIpc) is 2.46. The van der Waals surface area contributed by atoms with Gasteiger partial charge in [-0.1, -0.05) is 18.2 Å². The highest BCUT2D eigenvalue weighted by molar-refractivity contribution is 5.80. The van der Waals surface area contributed by atoms with Crippen LogP contribution in [0, 0.1) is 15.9 Å². The molecule has 0 bridgehead atoms. The van der Waals surface area contributed by atoms with Crippen LogP contribution >= 0.6 is 0 Å². The molecule has 0 aliphatic heterocycles. The lowest BCUT2D eigenvalue weighted by atomic mass is 10.2. The first-order valence-corrected chi connectivity index (χ1v) is 5.71. The molecule has 2 rings (SSSR count). The SMILES string of the molecule is O=Cc1cc([N+](=O)[O-])ccc1OCc1ccccc1F. The summed E-state index contributed by atoms with van der Waals surface area (Å²) in [4.78, 5) is 20.9. The number of carbonyl (C=O) groups is 1. The average molecular weight is 275 g/mol. The topological polar surface area (TPSA) is 69.4 Å². The monoisotopic (exact) mass is 275 g/mol. The lowest BCUT2D eigenvalue weighted by molar-refractivity contribution is -0.384. The van der Waals surface area contributed by atoms with Crippen LogP contribution in [0.4, 0.5) is 10.1 Å². The van der Waals surface area contributed by atoms with Crippen molar-refractivity contribution in [1.29, 1.82) is 0 Å². The Morgan fingerprint density at radius 3 is 2.65 bits per heavy atom. The van der Waals surface area contributed by atoms with E-state index in [4.69, 9.17) is 4.74 Å². The number of aldehydes is 1. The smallest absolute Gasteiger partial charge is 0.270 e. The molecule has 0 amide bonds. The summed E-state index contributed by atoms with van der Waals surface area (Å²) in [6.07, 6.45) is 0.462. The van der Waals surface area contributed by atoms with Crippen LogP contribution in [0.25, 0.3) is 0 Å². The summed E-state index contributed by atoms with van der Waals surface area (Å²) in [5, 5.41) is 10.6. The lowest BCUT2D eigenvalue weighted by Gasteiger charge is -2.08. The number of nitro groups is 1. The number of carbonyl (C=O) groups excluding carboxylic acids is 1. The molecule has 0 saturated carbocycles. The van der Waals surface area contributed by atoms with Crippen LogP contribution in [0.15, 0.2) is 42.5 Å². The number of hydrogen-bond donors (Lipinski definition) is 0. The summed E-state index contributed by atoms with van der Waals surface area (Å²) >= 11 is 0. The van der Waals surface area contributed by atoms with Gasteiger partial charge in [-0.15, -0.1) is 0 Å². The Morgan fingerprint density at radius 2 is 2.00 bits per heavy atom. The third-order valence-electron chi connectivity index (χ3n) is 2.67. The number of non-ortho nitro benzene ring substituents is 1.